The Labute approximate surface area is 46.0 Å². The number of alkyl halides is 3. The maximum absolute atomic E-state index is 6.23. The first-order chi connectivity index (χ1) is 2.00. The number of halogens is 3. The Kier molecular flexibility index (Phi) is 1.81. The summed E-state index contributed by atoms with van der Waals surface area (Å²) in [4.78, 5) is 0. The van der Waals surface area contributed by atoms with Crippen LogP contribution in [0.5, 0.6) is 0 Å². The molecular formula is C2Cl3. The van der Waals surface area contributed by atoms with E-state index < -0.39 is 3.79 Å². The van der Waals surface area contributed by atoms with Crippen LogP contribution < -0.4 is 0 Å². The van der Waals surface area contributed by atoms with E-state index in [1.165, 1.54) is 0 Å². The molecule has 0 aliphatic heterocycles. The first-order valence-corrected chi connectivity index (χ1v) is 1.95. The van der Waals surface area contributed by atoms with Crippen molar-refractivity contribution in [3.05, 3.63) is 6.92 Å². The van der Waals surface area contributed by atoms with E-state index in [9.17, 15) is 0 Å². The maximum atomic E-state index is 6.23. The molecule has 0 rings (SSSR count). The van der Waals surface area contributed by atoms with E-state index in [2.05, 4.69) is 0 Å². The van der Waals surface area contributed by atoms with Crippen molar-refractivity contribution in [2.75, 3.05) is 0 Å². The molecule has 0 nitrogen and oxygen atoms in total. The summed E-state index contributed by atoms with van der Waals surface area (Å²) in [6.45, 7) is 6.23. The Morgan fingerprint density at radius 2 is 1.20 bits per heavy atom. The predicted molar refractivity (Wildman–Crippen MR) is 23.5 cm³/mol. The zero-order valence-corrected chi connectivity index (χ0v) is 4.40. The van der Waals surface area contributed by atoms with E-state index in [0.717, 1.165) is 0 Å². The van der Waals surface area contributed by atoms with Gasteiger partial charge in [0.15, 0.2) is 3.79 Å². The van der Waals surface area contributed by atoms with Crippen molar-refractivity contribution in [2.45, 2.75) is 3.79 Å². The summed E-state index contributed by atoms with van der Waals surface area (Å²) in [7, 11) is 0. The lowest BCUT2D eigenvalue weighted by Gasteiger charge is -1.93. The van der Waals surface area contributed by atoms with E-state index in [4.69, 9.17) is 41.7 Å². The predicted octanol–water partition coefficient (Wildman–Crippen LogP) is 1.94. The Morgan fingerprint density at radius 3 is 1.20 bits per heavy atom. The lowest BCUT2D eigenvalue weighted by atomic mass is 10.9. The van der Waals surface area contributed by atoms with Crippen LogP contribution in [-0.2, 0) is 0 Å². The van der Waals surface area contributed by atoms with Crippen LogP contribution in [0, 0.1) is 6.92 Å². The molecule has 0 fully saturated rings. The molecule has 0 aliphatic rings. The number of hydrogen-bond donors (Lipinski definition) is 0. The molecule has 29 valence electrons. The fourth-order valence-corrected chi connectivity index (χ4v) is 0. The standard InChI is InChI=1S/C2Cl3/c1-2(3,4)5. The van der Waals surface area contributed by atoms with Gasteiger partial charge in [-0.3, -0.25) is 0 Å². The summed E-state index contributed by atoms with van der Waals surface area (Å²) in [5.74, 6) is 0. The summed E-state index contributed by atoms with van der Waals surface area (Å²) in [6, 6.07) is 0. The summed E-state index contributed by atoms with van der Waals surface area (Å²) in [6.07, 6.45) is 0. The van der Waals surface area contributed by atoms with Gasteiger partial charge in [0.2, 0.25) is 0 Å². The Balaban J connectivity index is 3.02. The van der Waals surface area contributed by atoms with Crippen molar-refractivity contribution in [3.63, 3.8) is 0 Å². The Bertz CT molecular complexity index is 20.4. The van der Waals surface area contributed by atoms with E-state index in [-0.39, 0.29) is 0 Å². The van der Waals surface area contributed by atoms with Gasteiger partial charge in [0, 0.05) is 0 Å². The minimum absolute atomic E-state index is 1.83. The van der Waals surface area contributed by atoms with Gasteiger partial charge in [-0.15, -0.1) is 0 Å². The van der Waals surface area contributed by atoms with Crippen LogP contribution in [0.15, 0.2) is 0 Å². The number of rotatable bonds is 0. The molecule has 3 radical (unpaired) electrons. The summed E-state index contributed by atoms with van der Waals surface area (Å²) >= 11 is 14.2. The van der Waals surface area contributed by atoms with Crippen molar-refractivity contribution in [1.82, 2.24) is 0 Å². The Morgan fingerprint density at radius 1 is 1.20 bits per heavy atom. The minimum atomic E-state index is -1.83. The average molecular weight is 130 g/mol. The van der Waals surface area contributed by atoms with Crippen LogP contribution in [0.2, 0.25) is 0 Å². The molecule has 3 heteroatoms. The van der Waals surface area contributed by atoms with Gasteiger partial charge in [-0.1, -0.05) is 34.8 Å². The smallest absolute Gasteiger partial charge is 0.0830 e. The fraction of sp³-hybridized carbons (Fsp3) is 0.500. The van der Waals surface area contributed by atoms with Crippen molar-refractivity contribution in [1.29, 1.82) is 0 Å². The van der Waals surface area contributed by atoms with Gasteiger partial charge in [0.05, 0.1) is 6.92 Å². The molecule has 5 heavy (non-hydrogen) atoms. The normalized spacial score (nSPS) is 12.0. The van der Waals surface area contributed by atoms with E-state index in [0.29, 0.717) is 0 Å². The zero-order chi connectivity index (χ0) is 4.50. The molecule has 0 spiro atoms. The minimum Gasteiger partial charge on any atom is -0.0830 e. The van der Waals surface area contributed by atoms with E-state index in [1.54, 1.807) is 0 Å². The second kappa shape index (κ2) is 1.55. The first-order valence-electron chi connectivity index (χ1n) is 0.817. The molecular weight excluding hydrogens is 130 g/mol. The van der Waals surface area contributed by atoms with Crippen molar-refractivity contribution >= 4 is 34.8 Å². The largest absolute Gasteiger partial charge is 0.198 e. The van der Waals surface area contributed by atoms with Crippen molar-refractivity contribution < 1.29 is 0 Å². The van der Waals surface area contributed by atoms with Crippen molar-refractivity contribution in [3.8, 4) is 0 Å². The third-order valence-electron chi connectivity index (χ3n) is 0. The van der Waals surface area contributed by atoms with Gasteiger partial charge in [0.1, 0.15) is 0 Å². The molecule has 0 aromatic heterocycles. The van der Waals surface area contributed by atoms with E-state index >= 15 is 0 Å². The van der Waals surface area contributed by atoms with E-state index in [1.807, 2.05) is 0 Å². The summed E-state index contributed by atoms with van der Waals surface area (Å²) in [5.41, 5.74) is 0. The van der Waals surface area contributed by atoms with Crippen LogP contribution in [0.1, 0.15) is 0 Å². The average Bonchev–Trinajstić information content (AvgIpc) is 0.722. The summed E-state index contributed by atoms with van der Waals surface area (Å²) in [5, 5.41) is 0. The molecule has 0 aliphatic carbocycles. The molecule has 0 unspecified atom stereocenters. The van der Waals surface area contributed by atoms with Crippen LogP contribution in [0.4, 0.5) is 0 Å². The highest BCUT2D eigenvalue weighted by molar-refractivity contribution is 6.68. The second-order valence-corrected chi connectivity index (χ2v) is 2.78. The number of hydrogen-bond acceptors (Lipinski definition) is 0. The monoisotopic (exact) mass is 129 g/mol. The van der Waals surface area contributed by atoms with Crippen molar-refractivity contribution in [2.24, 2.45) is 0 Å². The quantitative estimate of drug-likeness (QED) is 0.440. The zero-order valence-electron chi connectivity index (χ0n) is 2.13. The van der Waals surface area contributed by atoms with Gasteiger partial charge in [-0.2, -0.15) is 0 Å². The topological polar surface area (TPSA) is 0 Å². The molecule has 0 aromatic rings. The first kappa shape index (κ1) is 5.87. The third kappa shape index (κ3) is 53.0. The SMILES string of the molecule is [C]C(Cl)(Cl)Cl. The van der Waals surface area contributed by atoms with Gasteiger partial charge >= 0.3 is 0 Å². The van der Waals surface area contributed by atoms with Gasteiger partial charge in [0.25, 0.3) is 0 Å². The second-order valence-electron chi connectivity index (χ2n) is 0.498. The van der Waals surface area contributed by atoms with Crippen LogP contribution in [-0.4, -0.2) is 3.79 Å². The molecule has 0 saturated heterocycles. The lowest BCUT2D eigenvalue weighted by molar-refractivity contribution is 1.48. The summed E-state index contributed by atoms with van der Waals surface area (Å²) < 4.78 is -1.83. The Hall–Kier alpha value is 0.870. The highest BCUT2D eigenvalue weighted by Gasteiger charge is 2.08. The molecule has 0 saturated carbocycles. The molecule has 0 amide bonds. The molecule has 0 bridgehead atoms. The molecule has 0 aromatic carbocycles. The maximum Gasteiger partial charge on any atom is 0.198 e. The lowest BCUT2D eigenvalue weighted by Crippen LogP contribution is -1.88. The third-order valence-corrected chi connectivity index (χ3v) is 0. The highest BCUT2D eigenvalue weighted by atomic mass is 35.6. The van der Waals surface area contributed by atoms with Crippen LogP contribution in [0.25, 0.3) is 0 Å². The molecule has 0 atom stereocenters. The highest BCUT2D eigenvalue weighted by Crippen LogP contribution is 2.22. The van der Waals surface area contributed by atoms with Crippen LogP contribution in [0.3, 0.4) is 0 Å². The van der Waals surface area contributed by atoms with Gasteiger partial charge in [-0.05, 0) is 0 Å². The fourth-order valence-electron chi connectivity index (χ4n) is 0. The van der Waals surface area contributed by atoms with Gasteiger partial charge in [-0.25, -0.2) is 0 Å². The molecule has 0 N–H and O–H groups in total. The van der Waals surface area contributed by atoms with Crippen LogP contribution >= 0.6 is 34.8 Å². The van der Waals surface area contributed by atoms with Gasteiger partial charge < -0.3 is 0 Å². The molecule has 0 heterocycles.